The molecule has 0 radical (unpaired) electrons. The second-order valence-electron chi connectivity index (χ2n) is 7.67. The molecule has 2 aliphatic rings. The van der Waals surface area contributed by atoms with Gasteiger partial charge in [-0.1, -0.05) is 30.8 Å². The van der Waals surface area contributed by atoms with E-state index in [4.69, 9.17) is 0 Å². The first-order chi connectivity index (χ1) is 14.0. The molecule has 1 atom stereocenters. The first kappa shape index (κ1) is 20.0. The number of thioether (sulfide) groups is 1. The van der Waals surface area contributed by atoms with Gasteiger partial charge in [-0.2, -0.15) is 0 Å². The maximum atomic E-state index is 12.8. The normalized spacial score (nSPS) is 19.7. The number of nitrogens with zero attached hydrogens (tertiary/aromatic N) is 3. The lowest BCUT2D eigenvalue weighted by molar-refractivity contribution is -0.116. The lowest BCUT2D eigenvalue weighted by Crippen LogP contribution is -2.44. The van der Waals surface area contributed by atoms with E-state index in [9.17, 15) is 9.59 Å². The monoisotopic (exact) mass is 413 g/mol. The number of carbonyl (C=O) groups is 1. The van der Waals surface area contributed by atoms with Crippen LogP contribution in [0.15, 0.2) is 34.2 Å². The van der Waals surface area contributed by atoms with Gasteiger partial charge in [0.2, 0.25) is 5.91 Å². The van der Waals surface area contributed by atoms with Gasteiger partial charge in [0.05, 0.1) is 5.56 Å². The number of rotatable bonds is 5. The van der Waals surface area contributed by atoms with Crippen LogP contribution < -0.4 is 15.8 Å². The minimum Gasteiger partial charge on any atom is -0.369 e. The molecule has 29 heavy (non-hydrogen) atoms. The van der Waals surface area contributed by atoms with E-state index in [1.165, 1.54) is 17.4 Å². The highest BCUT2D eigenvalue weighted by molar-refractivity contribution is 7.99. The number of H-pyrrole nitrogens is 1. The smallest absolute Gasteiger partial charge is 0.257 e. The number of hydrogen-bond acceptors (Lipinski definition) is 6. The van der Waals surface area contributed by atoms with Crippen molar-refractivity contribution in [3.63, 3.8) is 0 Å². The highest BCUT2D eigenvalue weighted by Gasteiger charge is 2.31. The molecule has 3 heterocycles. The molecule has 1 aromatic heterocycles. The van der Waals surface area contributed by atoms with E-state index in [0.717, 1.165) is 43.9 Å². The van der Waals surface area contributed by atoms with Crippen molar-refractivity contribution in [2.75, 3.05) is 49.2 Å². The Morgan fingerprint density at radius 3 is 2.55 bits per heavy atom. The number of carbonyl (C=O) groups excluding carboxylic acids is 1. The molecule has 1 aromatic carbocycles. The molecule has 2 N–H and O–H groups in total. The molecule has 0 bridgehead atoms. The summed E-state index contributed by atoms with van der Waals surface area (Å²) < 4.78 is 0. The number of nitrogens with one attached hydrogen (secondary N) is 2. The minimum atomic E-state index is -0.276. The van der Waals surface area contributed by atoms with E-state index in [-0.39, 0.29) is 23.8 Å². The molecule has 1 fully saturated rings. The van der Waals surface area contributed by atoms with Gasteiger partial charge in [-0.3, -0.25) is 9.59 Å². The molecule has 7 nitrogen and oxygen atoms in total. The first-order valence-electron chi connectivity index (χ1n) is 10.2. The van der Waals surface area contributed by atoms with Crippen molar-refractivity contribution >= 4 is 29.2 Å². The Hall–Kier alpha value is -2.32. The van der Waals surface area contributed by atoms with Gasteiger partial charge in [0.15, 0.2) is 5.16 Å². The topological polar surface area (TPSA) is 81.3 Å². The molecular formula is C21H27N5O2S. The quantitative estimate of drug-likeness (QED) is 0.579. The highest BCUT2D eigenvalue weighted by Crippen LogP contribution is 2.35. The zero-order valence-corrected chi connectivity index (χ0v) is 17.7. The molecule has 0 saturated carbocycles. The number of likely N-dealkylation sites (N-methyl/N-ethyl adjacent to an activating group) is 1. The van der Waals surface area contributed by atoms with Crippen molar-refractivity contribution in [2.45, 2.75) is 30.8 Å². The lowest BCUT2D eigenvalue weighted by atomic mass is 9.87. The standard InChI is InChI=1S/C21H27N5O2S/c1-3-12-29-21-23-19-18(20(28)24-21)16(13-17(27)22-19)14-4-6-15(7-5-14)26-10-8-25(2)9-11-26/h4-7,16H,3,8-13H2,1-2H3,(H2,22,23,24,27,28). The van der Waals surface area contributed by atoms with E-state index in [0.29, 0.717) is 16.5 Å². The van der Waals surface area contributed by atoms with Crippen LogP contribution in [-0.2, 0) is 4.79 Å². The molecule has 1 unspecified atom stereocenters. The van der Waals surface area contributed by atoms with Gasteiger partial charge < -0.3 is 20.1 Å². The average Bonchev–Trinajstić information content (AvgIpc) is 2.72. The van der Waals surface area contributed by atoms with E-state index in [1.54, 1.807) is 0 Å². The van der Waals surface area contributed by atoms with Crippen LogP contribution in [0, 0.1) is 0 Å². The summed E-state index contributed by atoms with van der Waals surface area (Å²) in [5.74, 6) is 0.890. The fourth-order valence-corrected chi connectivity index (χ4v) is 4.60. The predicted molar refractivity (Wildman–Crippen MR) is 117 cm³/mol. The van der Waals surface area contributed by atoms with Gasteiger partial charge in [0.25, 0.3) is 5.56 Å². The second-order valence-corrected chi connectivity index (χ2v) is 8.75. The second kappa shape index (κ2) is 8.59. The van der Waals surface area contributed by atoms with E-state index in [1.807, 2.05) is 12.1 Å². The van der Waals surface area contributed by atoms with Crippen LogP contribution in [0.5, 0.6) is 0 Å². The van der Waals surface area contributed by atoms with E-state index in [2.05, 4.69) is 51.2 Å². The largest absolute Gasteiger partial charge is 0.369 e. The fourth-order valence-electron chi connectivity index (χ4n) is 3.88. The first-order valence-corrected chi connectivity index (χ1v) is 11.1. The molecule has 0 aliphatic carbocycles. The molecule has 1 amide bonds. The van der Waals surface area contributed by atoms with Gasteiger partial charge >= 0.3 is 0 Å². The van der Waals surface area contributed by atoms with Gasteiger partial charge in [0, 0.05) is 50.0 Å². The summed E-state index contributed by atoms with van der Waals surface area (Å²) in [6.07, 6.45) is 1.24. The van der Waals surface area contributed by atoms with Crippen LogP contribution in [0.2, 0.25) is 0 Å². The van der Waals surface area contributed by atoms with Gasteiger partial charge in [-0.25, -0.2) is 4.98 Å². The highest BCUT2D eigenvalue weighted by atomic mass is 32.2. The number of anilines is 2. The average molecular weight is 414 g/mol. The number of aromatic amines is 1. The molecule has 2 aliphatic heterocycles. The molecular weight excluding hydrogens is 386 g/mol. The van der Waals surface area contributed by atoms with Crippen LogP contribution in [0.25, 0.3) is 0 Å². The zero-order valence-electron chi connectivity index (χ0n) is 16.9. The molecule has 0 spiro atoms. The van der Waals surface area contributed by atoms with Gasteiger partial charge in [-0.05, 0) is 31.2 Å². The molecule has 1 saturated heterocycles. The summed E-state index contributed by atoms with van der Waals surface area (Å²) in [5.41, 5.74) is 2.54. The Bertz CT molecular complexity index is 935. The number of amides is 1. The maximum Gasteiger partial charge on any atom is 0.257 e. The summed E-state index contributed by atoms with van der Waals surface area (Å²) in [6, 6.07) is 8.28. The van der Waals surface area contributed by atoms with E-state index < -0.39 is 0 Å². The molecule has 154 valence electrons. The van der Waals surface area contributed by atoms with Crippen molar-refractivity contribution in [1.29, 1.82) is 0 Å². The Labute approximate surface area is 174 Å². The molecule has 8 heteroatoms. The Kier molecular flexibility index (Phi) is 5.91. The SMILES string of the molecule is CCCSc1nc2c(c(=O)[nH]1)C(c1ccc(N3CCN(C)CC3)cc1)CC(=O)N2. The number of fused-ring (bicyclic) bond motifs is 1. The van der Waals surface area contributed by atoms with Crippen LogP contribution in [0.4, 0.5) is 11.5 Å². The zero-order chi connectivity index (χ0) is 20.4. The van der Waals surface area contributed by atoms with Crippen molar-refractivity contribution in [3.8, 4) is 0 Å². The van der Waals surface area contributed by atoms with Gasteiger partial charge in [-0.15, -0.1) is 0 Å². The summed E-state index contributed by atoms with van der Waals surface area (Å²) >= 11 is 1.50. The Morgan fingerprint density at radius 2 is 1.86 bits per heavy atom. The van der Waals surface area contributed by atoms with Crippen molar-refractivity contribution in [2.24, 2.45) is 0 Å². The number of aromatic nitrogens is 2. The van der Waals surface area contributed by atoms with Crippen LogP contribution in [0.1, 0.15) is 36.8 Å². The number of hydrogen-bond donors (Lipinski definition) is 2. The van der Waals surface area contributed by atoms with Crippen molar-refractivity contribution < 1.29 is 4.79 Å². The third-order valence-corrected chi connectivity index (χ3v) is 6.62. The summed E-state index contributed by atoms with van der Waals surface area (Å²) in [5, 5.41) is 3.35. The fraction of sp³-hybridized carbons (Fsp3) is 0.476. The summed E-state index contributed by atoms with van der Waals surface area (Å²) in [4.78, 5) is 37.2. The summed E-state index contributed by atoms with van der Waals surface area (Å²) in [6.45, 7) is 6.19. The van der Waals surface area contributed by atoms with E-state index >= 15 is 0 Å². The Balaban J connectivity index is 1.61. The lowest BCUT2D eigenvalue weighted by Gasteiger charge is -2.34. The van der Waals surface area contributed by atoms with Crippen molar-refractivity contribution in [1.82, 2.24) is 14.9 Å². The van der Waals surface area contributed by atoms with Crippen LogP contribution in [0.3, 0.4) is 0 Å². The number of benzene rings is 1. The minimum absolute atomic E-state index is 0.102. The van der Waals surface area contributed by atoms with Crippen LogP contribution in [-0.4, -0.2) is 59.8 Å². The van der Waals surface area contributed by atoms with Crippen molar-refractivity contribution in [3.05, 3.63) is 45.7 Å². The maximum absolute atomic E-state index is 12.8. The number of piperazine rings is 1. The molecule has 2 aromatic rings. The third-order valence-electron chi connectivity index (χ3n) is 5.54. The van der Waals surface area contributed by atoms with Crippen LogP contribution >= 0.6 is 11.8 Å². The predicted octanol–water partition coefficient (Wildman–Crippen LogP) is 2.50. The third kappa shape index (κ3) is 4.33. The van der Waals surface area contributed by atoms with Gasteiger partial charge in [0.1, 0.15) is 5.82 Å². The molecule has 4 rings (SSSR count). The summed E-state index contributed by atoms with van der Waals surface area (Å²) in [7, 11) is 2.14. The Morgan fingerprint density at radius 1 is 1.14 bits per heavy atom.